The number of benzene rings is 3. The van der Waals surface area contributed by atoms with Crippen LogP contribution in [0, 0.1) is 11.8 Å². The summed E-state index contributed by atoms with van der Waals surface area (Å²) in [6, 6.07) is 21.1. The van der Waals surface area contributed by atoms with Crippen LogP contribution in [0.15, 0.2) is 83.4 Å². The van der Waals surface area contributed by atoms with Crippen LogP contribution >= 0.6 is 15.9 Å². The van der Waals surface area contributed by atoms with Gasteiger partial charge in [0, 0.05) is 28.5 Å². The van der Waals surface area contributed by atoms with Crippen LogP contribution in [0.3, 0.4) is 0 Å². The van der Waals surface area contributed by atoms with Gasteiger partial charge in [-0.25, -0.2) is 0 Å². The molecule has 2 aliphatic carbocycles. The summed E-state index contributed by atoms with van der Waals surface area (Å²) in [5.74, 6) is 2.41. The molecule has 2 heterocycles. The van der Waals surface area contributed by atoms with E-state index in [9.17, 15) is 0 Å². The highest BCUT2D eigenvalue weighted by Gasteiger charge is 2.48. The number of allylic oxidation sites excluding steroid dienone is 4. The van der Waals surface area contributed by atoms with Gasteiger partial charge in [-0.15, -0.1) is 0 Å². The second-order valence-electron chi connectivity index (χ2n) is 9.40. The van der Waals surface area contributed by atoms with Crippen LogP contribution in [0.5, 0.6) is 0 Å². The number of anilines is 1. The number of rotatable bonds is 1. The summed E-state index contributed by atoms with van der Waals surface area (Å²) in [6.07, 6.45) is 12.2. The van der Waals surface area contributed by atoms with Crippen LogP contribution in [-0.4, -0.2) is 6.54 Å². The molecular formula is C28H24BrN. The van der Waals surface area contributed by atoms with Gasteiger partial charge in [0.05, 0.1) is 6.04 Å². The third-order valence-corrected chi connectivity index (χ3v) is 8.49. The van der Waals surface area contributed by atoms with E-state index in [1.165, 1.54) is 35.7 Å². The van der Waals surface area contributed by atoms with Crippen molar-refractivity contribution >= 4 is 32.4 Å². The number of hydrogen-bond acceptors (Lipinski definition) is 1. The van der Waals surface area contributed by atoms with Gasteiger partial charge in [0.2, 0.25) is 0 Å². The molecule has 3 aromatic carbocycles. The lowest BCUT2D eigenvalue weighted by Crippen LogP contribution is -2.46. The topological polar surface area (TPSA) is 3.24 Å². The molecule has 0 amide bonds. The summed E-state index contributed by atoms with van der Waals surface area (Å²) in [4.78, 5) is 2.81. The molecule has 5 atom stereocenters. The van der Waals surface area contributed by atoms with Crippen molar-refractivity contribution in [2.45, 2.75) is 30.7 Å². The van der Waals surface area contributed by atoms with E-state index in [0.29, 0.717) is 29.7 Å². The quantitative estimate of drug-likeness (QED) is 0.344. The first-order valence-corrected chi connectivity index (χ1v) is 12.0. The largest absolute Gasteiger partial charge is 0.363 e. The highest BCUT2D eigenvalue weighted by atomic mass is 79.9. The zero-order valence-corrected chi connectivity index (χ0v) is 18.4. The van der Waals surface area contributed by atoms with Crippen molar-refractivity contribution in [2.75, 3.05) is 11.4 Å². The van der Waals surface area contributed by atoms with E-state index >= 15 is 0 Å². The molecule has 2 aliphatic heterocycles. The normalized spacial score (nSPS) is 30.4. The Morgan fingerprint density at radius 3 is 2.57 bits per heavy atom. The van der Waals surface area contributed by atoms with Crippen molar-refractivity contribution in [1.29, 1.82) is 0 Å². The minimum absolute atomic E-state index is 0.451. The molecule has 4 aliphatic rings. The second-order valence-corrected chi connectivity index (χ2v) is 10.3. The summed E-state index contributed by atoms with van der Waals surface area (Å²) in [6.45, 7) is 1.17. The average Bonchev–Trinajstić information content (AvgIpc) is 3.44. The number of hydrogen-bond donors (Lipinski definition) is 0. The first kappa shape index (κ1) is 17.4. The summed E-state index contributed by atoms with van der Waals surface area (Å²) in [7, 11) is 0. The molecule has 0 radical (unpaired) electrons. The Bertz CT molecular complexity index is 1220. The predicted octanol–water partition coefficient (Wildman–Crippen LogP) is 7.50. The first-order chi connectivity index (χ1) is 14.8. The fraction of sp³-hybridized carbons (Fsp3) is 0.286. The molecule has 0 saturated carbocycles. The minimum atomic E-state index is 0.451. The van der Waals surface area contributed by atoms with Gasteiger partial charge in [-0.05, 0) is 70.3 Å². The van der Waals surface area contributed by atoms with Gasteiger partial charge in [-0.2, -0.15) is 0 Å². The summed E-state index contributed by atoms with van der Waals surface area (Å²) in [5.41, 5.74) is 6.16. The zero-order valence-electron chi connectivity index (χ0n) is 16.8. The van der Waals surface area contributed by atoms with Crippen molar-refractivity contribution in [3.8, 4) is 0 Å². The van der Waals surface area contributed by atoms with Crippen LogP contribution < -0.4 is 4.90 Å². The van der Waals surface area contributed by atoms with Crippen LogP contribution in [-0.2, 0) is 0 Å². The van der Waals surface area contributed by atoms with E-state index in [-0.39, 0.29) is 0 Å². The summed E-state index contributed by atoms with van der Waals surface area (Å²) >= 11 is 3.64. The van der Waals surface area contributed by atoms with Crippen molar-refractivity contribution in [3.63, 3.8) is 0 Å². The summed E-state index contributed by atoms with van der Waals surface area (Å²) < 4.78 is 1.16. The maximum absolute atomic E-state index is 3.64. The maximum Gasteiger partial charge on any atom is 0.0582 e. The average molecular weight is 454 g/mol. The second kappa shape index (κ2) is 6.34. The highest BCUT2D eigenvalue weighted by Crippen LogP contribution is 2.60. The van der Waals surface area contributed by atoms with E-state index in [2.05, 4.69) is 99.7 Å². The molecule has 5 unspecified atom stereocenters. The lowest BCUT2D eigenvalue weighted by atomic mass is 9.69. The molecule has 0 spiro atoms. The van der Waals surface area contributed by atoms with Crippen LogP contribution in [0.1, 0.15) is 47.4 Å². The molecular weight excluding hydrogens is 430 g/mol. The van der Waals surface area contributed by atoms with E-state index < -0.39 is 0 Å². The third-order valence-electron chi connectivity index (χ3n) is 7.96. The molecule has 1 nitrogen and oxygen atoms in total. The zero-order chi connectivity index (χ0) is 19.8. The van der Waals surface area contributed by atoms with Crippen LogP contribution in [0.4, 0.5) is 5.69 Å². The monoisotopic (exact) mass is 453 g/mol. The Labute approximate surface area is 186 Å². The molecule has 3 aromatic rings. The van der Waals surface area contributed by atoms with Gasteiger partial charge in [0.1, 0.15) is 0 Å². The Morgan fingerprint density at radius 2 is 1.67 bits per heavy atom. The molecule has 0 aromatic heterocycles. The predicted molar refractivity (Wildman–Crippen MR) is 128 cm³/mol. The molecule has 7 rings (SSSR count). The fourth-order valence-corrected chi connectivity index (χ4v) is 7.03. The highest BCUT2D eigenvalue weighted by molar-refractivity contribution is 9.10. The Morgan fingerprint density at radius 1 is 0.867 bits per heavy atom. The molecule has 30 heavy (non-hydrogen) atoms. The maximum atomic E-state index is 3.64. The van der Waals surface area contributed by atoms with E-state index in [0.717, 1.165) is 4.47 Å². The van der Waals surface area contributed by atoms with Gasteiger partial charge >= 0.3 is 0 Å². The van der Waals surface area contributed by atoms with Crippen molar-refractivity contribution < 1.29 is 0 Å². The number of nitrogens with zero attached hydrogens (tertiary/aromatic N) is 1. The van der Waals surface area contributed by atoms with Gasteiger partial charge in [-0.1, -0.05) is 76.6 Å². The fourth-order valence-electron chi connectivity index (χ4n) is 6.77. The molecule has 0 bridgehead atoms. The summed E-state index contributed by atoms with van der Waals surface area (Å²) in [5, 5.41) is 2.87. The lowest BCUT2D eigenvalue weighted by molar-refractivity contribution is 0.336. The SMILES string of the molecule is Brc1ccc(C2C3CC=CC3c3c4c(cc5ccccc35)C3C=CCC3CN42)cc1. The molecule has 0 fully saturated rings. The molecule has 0 saturated heterocycles. The molecule has 148 valence electrons. The number of halogens is 1. The van der Waals surface area contributed by atoms with E-state index in [4.69, 9.17) is 0 Å². The van der Waals surface area contributed by atoms with Gasteiger partial charge < -0.3 is 4.90 Å². The molecule has 2 heteroatoms. The Balaban J connectivity index is 1.54. The third kappa shape index (κ3) is 2.29. The van der Waals surface area contributed by atoms with E-state index in [1.54, 1.807) is 16.8 Å². The van der Waals surface area contributed by atoms with Gasteiger partial charge in [0.15, 0.2) is 0 Å². The van der Waals surface area contributed by atoms with Gasteiger partial charge in [-0.3, -0.25) is 0 Å². The Hall–Kier alpha value is -2.32. The van der Waals surface area contributed by atoms with Crippen LogP contribution in [0.25, 0.3) is 10.8 Å². The number of fused-ring (bicyclic) bond motifs is 6. The Kier molecular flexibility index (Phi) is 3.67. The van der Waals surface area contributed by atoms with Gasteiger partial charge in [0.25, 0.3) is 0 Å². The smallest absolute Gasteiger partial charge is 0.0582 e. The minimum Gasteiger partial charge on any atom is -0.363 e. The van der Waals surface area contributed by atoms with Crippen LogP contribution in [0.2, 0.25) is 0 Å². The lowest BCUT2D eigenvalue weighted by Gasteiger charge is -2.51. The standard InChI is InChI=1S/C28H24BrN/c29-20-13-11-17(12-14-20)27-24-10-4-9-23(24)26-22-7-2-1-5-18(22)15-25-21-8-3-6-19(21)16-30(27)28(25)26/h1-5,7-9,11-15,19,21,23-24,27H,6,10,16H2. The first-order valence-electron chi connectivity index (χ1n) is 11.2. The molecule has 0 N–H and O–H groups in total. The van der Waals surface area contributed by atoms with Crippen molar-refractivity contribution in [2.24, 2.45) is 11.8 Å². The van der Waals surface area contributed by atoms with Crippen molar-refractivity contribution in [1.82, 2.24) is 0 Å². The van der Waals surface area contributed by atoms with Crippen molar-refractivity contribution in [3.05, 3.63) is 100 Å². The van der Waals surface area contributed by atoms with E-state index in [1.807, 2.05) is 0 Å².